The Balaban J connectivity index is 2.27. The first kappa shape index (κ1) is 18.6. The molecule has 4 nitrogen and oxygen atoms in total. The number of methoxy groups -OCH3 is 1. The molecule has 2 aromatic carbocycles. The Morgan fingerprint density at radius 1 is 1.00 bits per heavy atom. The summed E-state index contributed by atoms with van der Waals surface area (Å²) < 4.78 is 72.6. The predicted octanol–water partition coefficient (Wildman–Crippen LogP) is 3.52. The maximum atomic E-state index is 13.8. The predicted molar refractivity (Wildman–Crippen MR) is 82.9 cm³/mol. The van der Waals surface area contributed by atoms with Crippen molar-refractivity contribution in [2.24, 2.45) is 0 Å². The van der Waals surface area contributed by atoms with Crippen LogP contribution in [0.15, 0.2) is 24.3 Å². The average Bonchev–Trinajstić information content (AvgIpc) is 2.56. The van der Waals surface area contributed by atoms with Crippen LogP contribution >= 0.6 is 12.2 Å². The lowest BCUT2D eigenvalue weighted by Crippen LogP contribution is -2.35. The highest BCUT2D eigenvalue weighted by atomic mass is 32.1. The lowest BCUT2D eigenvalue weighted by molar-refractivity contribution is 0.0966. The van der Waals surface area contributed by atoms with Crippen LogP contribution in [-0.2, 0) is 0 Å². The van der Waals surface area contributed by atoms with E-state index in [1.807, 2.05) is 0 Å². The second-order valence-electron chi connectivity index (χ2n) is 4.55. The minimum absolute atomic E-state index is 0.124. The quantitative estimate of drug-likeness (QED) is 0.489. The summed E-state index contributed by atoms with van der Waals surface area (Å²) in [7, 11) is 0.799. The number of benzene rings is 2. The van der Waals surface area contributed by atoms with Crippen LogP contribution in [0.25, 0.3) is 0 Å². The maximum absolute atomic E-state index is 13.8. The molecule has 0 aliphatic carbocycles. The minimum atomic E-state index is -1.96. The highest BCUT2D eigenvalue weighted by Crippen LogP contribution is 2.29. The summed E-state index contributed by atoms with van der Waals surface area (Å²) in [5.74, 6) is -11.2. The molecular weight excluding hydrogens is 367 g/mol. The van der Waals surface area contributed by atoms with Gasteiger partial charge in [-0.1, -0.05) is 12.1 Å². The lowest BCUT2D eigenvalue weighted by Gasteiger charge is -2.13. The smallest absolute Gasteiger partial charge is 0.263 e. The zero-order chi connectivity index (χ0) is 18.7. The SMILES string of the molecule is COc1c(F)c(F)c(C(=O)NC(=S)Nc2ccccc2F)c(F)c1F. The fourth-order valence-electron chi connectivity index (χ4n) is 1.87. The van der Waals surface area contributed by atoms with Crippen LogP contribution in [0.4, 0.5) is 27.6 Å². The van der Waals surface area contributed by atoms with Crippen molar-refractivity contribution < 1.29 is 31.5 Å². The van der Waals surface area contributed by atoms with Crippen LogP contribution in [0, 0.1) is 29.1 Å². The molecule has 0 spiro atoms. The third-order valence-corrected chi connectivity index (χ3v) is 3.21. The summed E-state index contributed by atoms with van der Waals surface area (Å²) in [5.41, 5.74) is -1.66. The minimum Gasteiger partial charge on any atom is -0.491 e. The molecule has 2 rings (SSSR count). The molecule has 0 aliphatic heterocycles. The molecule has 1 amide bonds. The molecule has 0 aliphatic rings. The van der Waals surface area contributed by atoms with Gasteiger partial charge in [0, 0.05) is 0 Å². The van der Waals surface area contributed by atoms with Gasteiger partial charge in [-0.25, -0.2) is 13.2 Å². The van der Waals surface area contributed by atoms with Crippen molar-refractivity contribution in [2.45, 2.75) is 0 Å². The van der Waals surface area contributed by atoms with Crippen molar-refractivity contribution in [3.05, 3.63) is 58.9 Å². The summed E-state index contributed by atoms with van der Waals surface area (Å²) in [6.45, 7) is 0. The summed E-state index contributed by atoms with van der Waals surface area (Å²) in [6.07, 6.45) is 0. The van der Waals surface area contributed by atoms with Gasteiger partial charge in [0.25, 0.3) is 5.91 Å². The van der Waals surface area contributed by atoms with Crippen molar-refractivity contribution in [3.8, 4) is 5.75 Å². The Morgan fingerprint density at radius 2 is 1.56 bits per heavy atom. The Labute approximate surface area is 143 Å². The molecule has 0 atom stereocenters. The van der Waals surface area contributed by atoms with Crippen LogP contribution in [0.1, 0.15) is 10.4 Å². The Morgan fingerprint density at radius 3 is 2.08 bits per heavy atom. The highest BCUT2D eigenvalue weighted by molar-refractivity contribution is 7.80. The number of rotatable bonds is 3. The number of amides is 1. The van der Waals surface area contributed by atoms with Gasteiger partial charge in [-0.3, -0.25) is 10.1 Å². The van der Waals surface area contributed by atoms with E-state index >= 15 is 0 Å². The van der Waals surface area contributed by atoms with Gasteiger partial charge in [0.05, 0.1) is 12.8 Å². The van der Waals surface area contributed by atoms with Gasteiger partial charge in [0.2, 0.25) is 11.6 Å². The van der Waals surface area contributed by atoms with E-state index in [-0.39, 0.29) is 5.69 Å². The van der Waals surface area contributed by atoms with E-state index in [1.54, 1.807) is 5.32 Å². The zero-order valence-corrected chi connectivity index (χ0v) is 13.2. The van der Waals surface area contributed by atoms with Crippen LogP contribution < -0.4 is 15.4 Å². The number of carbonyl (C=O) groups is 1. The number of thiocarbonyl (C=S) groups is 1. The maximum Gasteiger partial charge on any atom is 0.263 e. The molecule has 0 radical (unpaired) electrons. The monoisotopic (exact) mass is 376 g/mol. The zero-order valence-electron chi connectivity index (χ0n) is 12.4. The van der Waals surface area contributed by atoms with Crippen molar-refractivity contribution in [2.75, 3.05) is 12.4 Å². The largest absolute Gasteiger partial charge is 0.491 e. The molecule has 0 heterocycles. The molecule has 2 aromatic rings. The van der Waals surface area contributed by atoms with E-state index in [0.717, 1.165) is 13.2 Å². The lowest BCUT2D eigenvalue weighted by atomic mass is 10.1. The standard InChI is InChI=1S/C15H9F5N2O2S/c1-24-13-11(19)9(17)8(10(18)12(13)20)14(23)22-15(25)21-7-5-3-2-4-6(7)16/h2-5H,1H3,(H2,21,22,23,25). The fraction of sp³-hybridized carbons (Fsp3) is 0.0667. The molecule has 0 aromatic heterocycles. The number of carbonyl (C=O) groups excluding carboxylic acids is 1. The molecule has 25 heavy (non-hydrogen) atoms. The van der Waals surface area contributed by atoms with Crippen LogP contribution in [0.5, 0.6) is 5.75 Å². The summed E-state index contributed by atoms with van der Waals surface area (Å²) in [4.78, 5) is 11.9. The summed E-state index contributed by atoms with van der Waals surface area (Å²) in [5, 5.41) is 3.54. The molecule has 0 saturated carbocycles. The van der Waals surface area contributed by atoms with Gasteiger partial charge >= 0.3 is 0 Å². The molecule has 132 valence electrons. The van der Waals surface area contributed by atoms with E-state index in [9.17, 15) is 26.7 Å². The third kappa shape index (κ3) is 3.68. The topological polar surface area (TPSA) is 50.4 Å². The highest BCUT2D eigenvalue weighted by Gasteiger charge is 2.30. The molecule has 0 fully saturated rings. The van der Waals surface area contributed by atoms with Gasteiger partial charge in [0.1, 0.15) is 11.4 Å². The fourth-order valence-corrected chi connectivity index (χ4v) is 2.07. The second-order valence-corrected chi connectivity index (χ2v) is 4.96. The van der Waals surface area contributed by atoms with Gasteiger partial charge < -0.3 is 10.1 Å². The first-order valence-electron chi connectivity index (χ1n) is 6.54. The number of ether oxygens (including phenoxy) is 1. The number of nitrogens with one attached hydrogen (secondary N) is 2. The molecule has 0 bridgehead atoms. The number of hydrogen-bond donors (Lipinski definition) is 2. The van der Waals surface area contributed by atoms with Crippen LogP contribution in [0.3, 0.4) is 0 Å². The molecule has 0 unspecified atom stereocenters. The molecular formula is C15H9F5N2O2S. The van der Waals surface area contributed by atoms with E-state index in [0.29, 0.717) is 0 Å². The first-order chi connectivity index (χ1) is 11.8. The van der Waals surface area contributed by atoms with Gasteiger partial charge in [-0.05, 0) is 24.4 Å². The van der Waals surface area contributed by atoms with E-state index in [4.69, 9.17) is 12.2 Å². The summed E-state index contributed by atoms with van der Waals surface area (Å²) in [6, 6.07) is 5.24. The Hall–Kier alpha value is -2.75. The van der Waals surface area contributed by atoms with Crippen LogP contribution in [-0.4, -0.2) is 18.1 Å². The number of para-hydroxylation sites is 1. The van der Waals surface area contributed by atoms with Crippen molar-refractivity contribution in [3.63, 3.8) is 0 Å². The normalized spacial score (nSPS) is 10.3. The molecule has 0 saturated heterocycles. The Bertz CT molecular complexity index is 831. The first-order valence-corrected chi connectivity index (χ1v) is 6.95. The van der Waals surface area contributed by atoms with E-state index in [2.05, 4.69) is 10.1 Å². The van der Waals surface area contributed by atoms with Gasteiger partial charge in [0.15, 0.2) is 22.5 Å². The third-order valence-electron chi connectivity index (χ3n) is 3.00. The summed E-state index contributed by atoms with van der Waals surface area (Å²) >= 11 is 4.71. The van der Waals surface area contributed by atoms with Gasteiger partial charge in [-0.15, -0.1) is 0 Å². The number of anilines is 1. The number of halogens is 5. The van der Waals surface area contributed by atoms with E-state index < -0.39 is 51.4 Å². The van der Waals surface area contributed by atoms with Gasteiger partial charge in [-0.2, -0.15) is 8.78 Å². The van der Waals surface area contributed by atoms with Crippen molar-refractivity contribution >= 4 is 28.9 Å². The number of hydrogen-bond acceptors (Lipinski definition) is 3. The van der Waals surface area contributed by atoms with Crippen molar-refractivity contribution in [1.29, 1.82) is 0 Å². The average molecular weight is 376 g/mol. The molecule has 10 heteroatoms. The molecule has 2 N–H and O–H groups in total. The van der Waals surface area contributed by atoms with Crippen molar-refractivity contribution in [1.82, 2.24) is 5.32 Å². The van der Waals surface area contributed by atoms with Crippen LogP contribution in [0.2, 0.25) is 0 Å². The van der Waals surface area contributed by atoms with E-state index in [1.165, 1.54) is 18.2 Å². The second kappa shape index (κ2) is 7.43. The Kier molecular flexibility index (Phi) is 5.52.